The molecule has 1 N–H and O–H groups in total. The van der Waals surface area contributed by atoms with E-state index in [2.05, 4.69) is 5.32 Å². The third-order valence-corrected chi connectivity index (χ3v) is 9.13. The Morgan fingerprint density at radius 3 is 1.98 bits per heavy atom. The minimum absolute atomic E-state index is 0.0125. The van der Waals surface area contributed by atoms with Crippen molar-refractivity contribution >= 4 is 50.7 Å². The van der Waals surface area contributed by atoms with Gasteiger partial charge in [-0.15, -0.1) is 0 Å². The summed E-state index contributed by atoms with van der Waals surface area (Å²) in [5, 5.41) is 3.78. The summed E-state index contributed by atoms with van der Waals surface area (Å²) in [6, 6.07) is 29.4. The third kappa shape index (κ3) is 8.38. The Labute approximate surface area is 263 Å². The molecule has 2 amide bonds. The van der Waals surface area contributed by atoms with Crippen molar-refractivity contribution in [1.82, 2.24) is 10.2 Å². The van der Waals surface area contributed by atoms with Crippen molar-refractivity contribution in [2.24, 2.45) is 0 Å². The molecule has 0 unspecified atom stereocenters. The molecule has 0 aliphatic rings. The summed E-state index contributed by atoms with van der Waals surface area (Å²) in [6.45, 7) is 3.10. The maximum atomic E-state index is 14.4. The Morgan fingerprint density at radius 2 is 1.37 bits per heavy atom. The van der Waals surface area contributed by atoms with Crippen LogP contribution < -0.4 is 9.62 Å². The van der Waals surface area contributed by atoms with E-state index in [-0.39, 0.29) is 35.5 Å². The fourth-order valence-electron chi connectivity index (χ4n) is 4.60. The SMILES string of the molecule is CC(C)NC(=O)[C@@H](Cc1ccccc1)N(Cc1ccccc1Cl)C(=O)CN(c1ccc(Cl)cc1)S(=O)(=O)c1ccccc1. The van der Waals surface area contributed by atoms with Gasteiger partial charge in [0.2, 0.25) is 11.8 Å². The number of benzene rings is 4. The average Bonchev–Trinajstić information content (AvgIpc) is 2.99. The standard InChI is InChI=1S/C33H33Cl2N3O4S/c1-24(2)36-33(40)31(21-25-11-5-3-6-12-25)37(22-26-13-9-10-16-30(26)35)32(39)23-38(28-19-17-27(34)18-20-28)43(41,42)29-14-7-4-8-15-29/h3-20,24,31H,21-23H2,1-2H3,(H,36,40)/t31-/m1/s1. The zero-order valence-electron chi connectivity index (χ0n) is 23.9. The van der Waals surface area contributed by atoms with Crippen molar-refractivity contribution in [2.45, 2.75) is 43.8 Å². The highest BCUT2D eigenvalue weighted by atomic mass is 35.5. The second-order valence-electron chi connectivity index (χ2n) is 10.3. The molecule has 0 saturated heterocycles. The second kappa shape index (κ2) is 14.6. The molecule has 0 aliphatic carbocycles. The molecular formula is C33H33Cl2N3O4S. The van der Waals surface area contributed by atoms with Gasteiger partial charge in [-0.1, -0.05) is 89.9 Å². The number of nitrogens with one attached hydrogen (secondary N) is 1. The molecular weight excluding hydrogens is 605 g/mol. The summed E-state index contributed by atoms with van der Waals surface area (Å²) in [6.07, 6.45) is 0.210. The number of sulfonamides is 1. The number of amides is 2. The van der Waals surface area contributed by atoms with Gasteiger partial charge in [0.15, 0.2) is 0 Å². The Balaban J connectivity index is 1.80. The highest BCUT2D eigenvalue weighted by Crippen LogP contribution is 2.27. The molecule has 1 atom stereocenters. The molecule has 0 saturated carbocycles. The van der Waals surface area contributed by atoms with Gasteiger partial charge in [-0.2, -0.15) is 0 Å². The van der Waals surface area contributed by atoms with E-state index in [0.29, 0.717) is 15.6 Å². The van der Waals surface area contributed by atoms with Gasteiger partial charge >= 0.3 is 0 Å². The van der Waals surface area contributed by atoms with Gasteiger partial charge in [0, 0.05) is 29.1 Å². The zero-order valence-corrected chi connectivity index (χ0v) is 26.2. The number of halogens is 2. The summed E-state index contributed by atoms with van der Waals surface area (Å²) in [7, 11) is -4.18. The average molecular weight is 639 g/mol. The fraction of sp³-hybridized carbons (Fsp3) is 0.212. The van der Waals surface area contributed by atoms with Gasteiger partial charge in [-0.05, 0) is 67.4 Å². The molecule has 0 fully saturated rings. The van der Waals surface area contributed by atoms with Crippen molar-refractivity contribution in [3.63, 3.8) is 0 Å². The lowest BCUT2D eigenvalue weighted by Gasteiger charge is -2.34. The lowest BCUT2D eigenvalue weighted by Crippen LogP contribution is -2.54. The second-order valence-corrected chi connectivity index (χ2v) is 13.0. The fourth-order valence-corrected chi connectivity index (χ4v) is 6.36. The predicted octanol–water partition coefficient (Wildman–Crippen LogP) is 6.35. The highest BCUT2D eigenvalue weighted by molar-refractivity contribution is 7.92. The number of carbonyl (C=O) groups excluding carboxylic acids is 2. The van der Waals surface area contributed by atoms with Crippen molar-refractivity contribution in [3.05, 3.63) is 130 Å². The van der Waals surface area contributed by atoms with Crippen LogP contribution in [0.5, 0.6) is 0 Å². The molecule has 224 valence electrons. The first-order valence-electron chi connectivity index (χ1n) is 13.8. The molecule has 0 heterocycles. The summed E-state index contributed by atoms with van der Waals surface area (Å²) >= 11 is 12.6. The van der Waals surface area contributed by atoms with Crippen LogP contribution in [0.3, 0.4) is 0 Å². The van der Waals surface area contributed by atoms with Gasteiger partial charge in [0.25, 0.3) is 10.0 Å². The van der Waals surface area contributed by atoms with Crippen molar-refractivity contribution in [1.29, 1.82) is 0 Å². The molecule has 43 heavy (non-hydrogen) atoms. The zero-order chi connectivity index (χ0) is 31.0. The van der Waals surface area contributed by atoms with Crippen LogP contribution in [-0.2, 0) is 32.6 Å². The normalized spacial score (nSPS) is 12.0. The van der Waals surface area contributed by atoms with Crippen LogP contribution in [-0.4, -0.2) is 43.8 Å². The Bertz CT molecular complexity index is 1630. The van der Waals surface area contributed by atoms with E-state index in [4.69, 9.17) is 23.2 Å². The number of anilines is 1. The minimum atomic E-state index is -4.18. The van der Waals surface area contributed by atoms with Gasteiger partial charge in [0.1, 0.15) is 12.6 Å². The van der Waals surface area contributed by atoms with E-state index >= 15 is 0 Å². The van der Waals surface area contributed by atoms with E-state index in [1.807, 2.05) is 44.2 Å². The predicted molar refractivity (Wildman–Crippen MR) is 172 cm³/mol. The number of nitrogens with zero attached hydrogens (tertiary/aromatic N) is 2. The van der Waals surface area contributed by atoms with E-state index in [1.54, 1.807) is 66.7 Å². The van der Waals surface area contributed by atoms with E-state index < -0.39 is 28.5 Å². The van der Waals surface area contributed by atoms with E-state index in [9.17, 15) is 18.0 Å². The summed E-state index contributed by atoms with van der Waals surface area (Å²) in [5.74, 6) is -0.933. The molecule has 0 aliphatic heterocycles. The molecule has 4 rings (SSSR count). The molecule has 0 aromatic heterocycles. The monoisotopic (exact) mass is 637 g/mol. The number of carbonyl (C=O) groups is 2. The number of rotatable bonds is 12. The molecule has 0 bridgehead atoms. The quantitative estimate of drug-likeness (QED) is 0.196. The van der Waals surface area contributed by atoms with Crippen molar-refractivity contribution in [2.75, 3.05) is 10.8 Å². The maximum Gasteiger partial charge on any atom is 0.264 e. The third-order valence-electron chi connectivity index (χ3n) is 6.73. The summed E-state index contributed by atoms with van der Waals surface area (Å²) in [4.78, 5) is 29.5. The highest BCUT2D eigenvalue weighted by Gasteiger charge is 2.35. The lowest BCUT2D eigenvalue weighted by molar-refractivity contribution is -0.140. The van der Waals surface area contributed by atoms with Crippen LogP contribution in [0, 0.1) is 0 Å². The number of hydrogen-bond acceptors (Lipinski definition) is 4. The summed E-state index contributed by atoms with van der Waals surface area (Å²) in [5.41, 5.74) is 1.72. The first-order valence-corrected chi connectivity index (χ1v) is 16.0. The van der Waals surface area contributed by atoms with Gasteiger partial charge in [-0.3, -0.25) is 13.9 Å². The molecule has 10 heteroatoms. The van der Waals surface area contributed by atoms with Crippen LogP contribution in [0.2, 0.25) is 10.0 Å². The molecule has 0 spiro atoms. The minimum Gasteiger partial charge on any atom is -0.352 e. The van der Waals surface area contributed by atoms with Gasteiger partial charge < -0.3 is 10.2 Å². The first-order chi connectivity index (χ1) is 20.6. The van der Waals surface area contributed by atoms with Crippen LogP contribution in [0.1, 0.15) is 25.0 Å². The molecule has 0 radical (unpaired) electrons. The lowest BCUT2D eigenvalue weighted by atomic mass is 10.0. The van der Waals surface area contributed by atoms with Crippen LogP contribution >= 0.6 is 23.2 Å². The van der Waals surface area contributed by atoms with Crippen molar-refractivity contribution < 1.29 is 18.0 Å². The van der Waals surface area contributed by atoms with Crippen LogP contribution in [0.25, 0.3) is 0 Å². The molecule has 4 aromatic rings. The molecule has 7 nitrogen and oxygen atoms in total. The summed E-state index contributed by atoms with van der Waals surface area (Å²) < 4.78 is 28.9. The van der Waals surface area contributed by atoms with Crippen LogP contribution in [0.15, 0.2) is 114 Å². The smallest absolute Gasteiger partial charge is 0.264 e. The Hall–Kier alpha value is -3.85. The Morgan fingerprint density at radius 1 is 0.791 bits per heavy atom. The maximum absolute atomic E-state index is 14.4. The van der Waals surface area contributed by atoms with Crippen LogP contribution in [0.4, 0.5) is 5.69 Å². The van der Waals surface area contributed by atoms with E-state index in [0.717, 1.165) is 9.87 Å². The molecule has 4 aromatic carbocycles. The first kappa shape index (κ1) is 32.1. The van der Waals surface area contributed by atoms with Gasteiger partial charge in [0.05, 0.1) is 10.6 Å². The van der Waals surface area contributed by atoms with E-state index in [1.165, 1.54) is 17.0 Å². The number of hydrogen-bond donors (Lipinski definition) is 1. The Kier molecular flexibility index (Phi) is 10.9. The van der Waals surface area contributed by atoms with Crippen molar-refractivity contribution in [3.8, 4) is 0 Å². The van der Waals surface area contributed by atoms with Gasteiger partial charge in [-0.25, -0.2) is 8.42 Å². The topological polar surface area (TPSA) is 86.8 Å². The largest absolute Gasteiger partial charge is 0.352 e.